The number of hydrogen-bond donors (Lipinski definition) is 0. The highest BCUT2D eigenvalue weighted by Crippen LogP contribution is 2.23. The molecule has 0 aliphatic heterocycles. The summed E-state index contributed by atoms with van der Waals surface area (Å²) in [5.74, 6) is 0. The van der Waals surface area contributed by atoms with Crippen molar-refractivity contribution in [2.75, 3.05) is 0 Å². The molecule has 1 unspecified atom stereocenters. The molecule has 0 bridgehead atoms. The van der Waals surface area contributed by atoms with Gasteiger partial charge in [0.1, 0.15) is 0 Å². The lowest BCUT2D eigenvalue weighted by Crippen LogP contribution is -2.01. The molecule has 1 aromatic rings. The van der Waals surface area contributed by atoms with Crippen molar-refractivity contribution in [3.8, 4) is 0 Å². The first-order valence-corrected chi connectivity index (χ1v) is 4.50. The van der Waals surface area contributed by atoms with Gasteiger partial charge >= 0.3 is 0 Å². The van der Waals surface area contributed by atoms with Gasteiger partial charge < -0.3 is 0 Å². The van der Waals surface area contributed by atoms with Crippen molar-refractivity contribution in [1.82, 2.24) is 0 Å². The molecule has 0 aliphatic carbocycles. The number of carbonyl (C=O) groups is 1. The van der Waals surface area contributed by atoms with Crippen molar-refractivity contribution in [3.05, 3.63) is 35.9 Å². The van der Waals surface area contributed by atoms with Gasteiger partial charge in [-0.05, 0) is 5.56 Å². The second-order valence-electron chi connectivity index (χ2n) is 2.37. The topological polar surface area (TPSA) is 46.5 Å². The van der Waals surface area contributed by atoms with Gasteiger partial charge in [-0.1, -0.05) is 30.3 Å². The van der Waals surface area contributed by atoms with Crippen molar-refractivity contribution in [3.63, 3.8) is 0 Å². The second kappa shape index (κ2) is 5.32. The van der Waals surface area contributed by atoms with Gasteiger partial charge in [-0.15, -0.1) is 4.40 Å². The van der Waals surface area contributed by atoms with Crippen molar-refractivity contribution in [2.45, 2.75) is 6.17 Å². The Bertz CT molecular complexity index is 362. The van der Waals surface area contributed by atoms with Gasteiger partial charge in [0.15, 0.2) is 6.17 Å². The average molecular weight is 211 g/mol. The van der Waals surface area contributed by atoms with Crippen LogP contribution in [0.1, 0.15) is 11.7 Å². The van der Waals surface area contributed by atoms with Gasteiger partial charge in [-0.2, -0.15) is 0 Å². The Morgan fingerprint density at radius 3 is 2.64 bits per heavy atom. The van der Waals surface area contributed by atoms with E-state index in [1.807, 2.05) is 0 Å². The minimum Gasteiger partial charge on any atom is -0.281 e. The molecular weight excluding hydrogens is 205 g/mol. The van der Waals surface area contributed by atoms with Gasteiger partial charge in [-0.3, -0.25) is 4.79 Å². The summed E-state index contributed by atoms with van der Waals surface area (Å²) in [6.07, 6.45) is -0.596. The molecule has 1 rings (SSSR count). The maximum atomic E-state index is 13.3. The molecule has 0 radical (unpaired) electrons. The fourth-order valence-corrected chi connectivity index (χ4v) is 1.22. The Balaban J connectivity index is 2.70. The van der Waals surface area contributed by atoms with Crippen molar-refractivity contribution in [2.24, 2.45) is 4.40 Å². The van der Waals surface area contributed by atoms with Gasteiger partial charge in [0.05, 0.1) is 11.9 Å². The molecule has 0 N–H and O–H groups in total. The predicted molar refractivity (Wildman–Crippen MR) is 51.0 cm³/mol. The summed E-state index contributed by atoms with van der Waals surface area (Å²) in [7, 11) is 0. The van der Waals surface area contributed by atoms with Crippen LogP contribution in [0, 0.1) is 0 Å². The minimum absolute atomic E-state index is 0.256. The van der Waals surface area contributed by atoms with Gasteiger partial charge in [0.25, 0.3) is 5.12 Å². The molecular formula is C9H6FNO2S. The van der Waals surface area contributed by atoms with E-state index in [1.54, 1.807) is 18.2 Å². The molecule has 3 nitrogen and oxygen atoms in total. The highest BCUT2D eigenvalue weighted by Gasteiger charge is 2.19. The zero-order valence-corrected chi connectivity index (χ0v) is 7.83. The van der Waals surface area contributed by atoms with E-state index in [0.29, 0.717) is 0 Å². The van der Waals surface area contributed by atoms with E-state index in [2.05, 4.69) is 4.40 Å². The van der Waals surface area contributed by atoms with Crippen LogP contribution in [-0.2, 0) is 9.59 Å². The van der Waals surface area contributed by atoms with Crippen LogP contribution in [0.4, 0.5) is 4.39 Å². The lowest BCUT2D eigenvalue weighted by Gasteiger charge is -2.03. The first kappa shape index (κ1) is 10.6. The molecule has 1 aromatic carbocycles. The summed E-state index contributed by atoms with van der Waals surface area (Å²) in [6.45, 7) is 0. The second-order valence-corrected chi connectivity index (χ2v) is 3.13. The SMILES string of the molecule is O=C=NSC(=O)C(F)c1ccccc1. The lowest BCUT2D eigenvalue weighted by molar-refractivity contribution is -0.115. The lowest BCUT2D eigenvalue weighted by atomic mass is 10.1. The van der Waals surface area contributed by atoms with Crippen LogP contribution >= 0.6 is 11.9 Å². The molecule has 0 spiro atoms. The van der Waals surface area contributed by atoms with E-state index in [9.17, 15) is 14.0 Å². The third kappa shape index (κ3) is 2.80. The molecule has 0 heterocycles. The Kier molecular flexibility index (Phi) is 4.04. The summed E-state index contributed by atoms with van der Waals surface area (Å²) >= 11 is 0.267. The molecule has 0 amide bonds. The number of isocyanates is 1. The first-order chi connectivity index (χ1) is 6.75. The fraction of sp³-hybridized carbons (Fsp3) is 0.111. The molecule has 1 atom stereocenters. The van der Waals surface area contributed by atoms with Crippen molar-refractivity contribution >= 4 is 23.1 Å². The number of hydrogen-bond acceptors (Lipinski definition) is 4. The largest absolute Gasteiger partial charge is 0.281 e. The molecule has 0 saturated heterocycles. The van der Waals surface area contributed by atoms with Crippen LogP contribution < -0.4 is 0 Å². The molecule has 0 aliphatic rings. The van der Waals surface area contributed by atoms with E-state index in [0.717, 1.165) is 6.08 Å². The van der Waals surface area contributed by atoms with Crippen molar-refractivity contribution in [1.29, 1.82) is 0 Å². The zero-order chi connectivity index (χ0) is 10.4. The van der Waals surface area contributed by atoms with E-state index < -0.39 is 11.3 Å². The van der Waals surface area contributed by atoms with E-state index in [1.165, 1.54) is 12.1 Å². The highest BCUT2D eigenvalue weighted by molar-refractivity contribution is 8.12. The monoisotopic (exact) mass is 211 g/mol. The smallest absolute Gasteiger partial charge is 0.250 e. The molecule has 0 aromatic heterocycles. The Morgan fingerprint density at radius 2 is 2.07 bits per heavy atom. The van der Waals surface area contributed by atoms with Crippen LogP contribution in [0.5, 0.6) is 0 Å². The quantitative estimate of drug-likeness (QED) is 0.437. The number of rotatable bonds is 3. The zero-order valence-electron chi connectivity index (χ0n) is 7.01. The maximum Gasteiger partial charge on any atom is 0.250 e. The molecule has 0 fully saturated rings. The highest BCUT2D eigenvalue weighted by atomic mass is 32.2. The third-order valence-electron chi connectivity index (χ3n) is 1.47. The Labute approximate surface area is 84.2 Å². The minimum atomic E-state index is -1.75. The maximum absolute atomic E-state index is 13.3. The van der Waals surface area contributed by atoms with Gasteiger partial charge in [-0.25, -0.2) is 9.18 Å². The van der Waals surface area contributed by atoms with E-state index in [4.69, 9.17) is 0 Å². The Hall–Kier alpha value is -1.45. The molecule has 0 saturated carbocycles. The average Bonchev–Trinajstić information content (AvgIpc) is 2.26. The van der Waals surface area contributed by atoms with E-state index >= 15 is 0 Å². The summed E-state index contributed by atoms with van der Waals surface area (Å²) in [6, 6.07) is 7.96. The summed E-state index contributed by atoms with van der Waals surface area (Å²) in [5.41, 5.74) is 0.256. The fourth-order valence-electron chi connectivity index (χ4n) is 0.868. The van der Waals surface area contributed by atoms with Crippen LogP contribution in [0.15, 0.2) is 34.7 Å². The van der Waals surface area contributed by atoms with E-state index in [-0.39, 0.29) is 17.5 Å². The first-order valence-electron chi connectivity index (χ1n) is 3.72. The predicted octanol–water partition coefficient (Wildman–Crippen LogP) is 2.21. The Morgan fingerprint density at radius 1 is 1.43 bits per heavy atom. The summed E-state index contributed by atoms with van der Waals surface area (Å²) in [5, 5.41) is -0.820. The number of nitrogens with zero attached hydrogens (tertiary/aromatic N) is 1. The molecule has 72 valence electrons. The normalized spacial score (nSPS) is 11.5. The number of halogens is 1. The van der Waals surface area contributed by atoms with Crippen LogP contribution in [0.2, 0.25) is 0 Å². The summed E-state index contributed by atoms with van der Waals surface area (Å²) in [4.78, 5) is 20.7. The van der Waals surface area contributed by atoms with Gasteiger partial charge in [0, 0.05) is 0 Å². The molecule has 14 heavy (non-hydrogen) atoms. The van der Waals surface area contributed by atoms with Crippen molar-refractivity contribution < 1.29 is 14.0 Å². The number of benzene rings is 1. The van der Waals surface area contributed by atoms with Crippen LogP contribution in [-0.4, -0.2) is 11.2 Å². The van der Waals surface area contributed by atoms with Gasteiger partial charge in [0.2, 0.25) is 6.08 Å². The number of carbonyl (C=O) groups excluding carboxylic acids is 2. The van der Waals surface area contributed by atoms with Crippen LogP contribution in [0.25, 0.3) is 0 Å². The van der Waals surface area contributed by atoms with Crippen LogP contribution in [0.3, 0.4) is 0 Å². The summed E-state index contributed by atoms with van der Waals surface area (Å²) < 4.78 is 16.2. The molecule has 5 heteroatoms. The standard InChI is InChI=1S/C9H6FNO2S/c10-8(9(13)14-11-6-12)7-4-2-1-3-5-7/h1-5,8H. The number of alkyl halides is 1. The third-order valence-corrected chi connectivity index (χ3v) is 2.02.